The van der Waals surface area contributed by atoms with Crippen molar-refractivity contribution in [2.45, 2.75) is 20.4 Å². The molecule has 2 N–H and O–H groups in total. The Balaban J connectivity index is 1.45. The van der Waals surface area contributed by atoms with Crippen LogP contribution in [0, 0.1) is 25.6 Å². The molecule has 8 nitrogen and oxygen atoms in total. The Morgan fingerprint density at radius 3 is 2.46 bits per heavy atom. The second-order valence-electron chi connectivity index (χ2n) is 9.62. The molecular weight excluding hydrogens is 501 g/mol. The van der Waals surface area contributed by atoms with Gasteiger partial charge in [-0.1, -0.05) is 30.3 Å². The van der Waals surface area contributed by atoms with Gasteiger partial charge < -0.3 is 19.6 Å². The predicted octanol–water partition coefficient (Wildman–Crippen LogP) is 5.54. The Kier molecular flexibility index (Phi) is 7.17. The SMILES string of the molecule is COc1cc(-c2cccc(-c3cccc(NC(=O)c4ncco4)c3C)c2C)cc(F)c1CN1CC(C(=O)O)C1. The van der Waals surface area contributed by atoms with Gasteiger partial charge in [-0.25, -0.2) is 9.37 Å². The van der Waals surface area contributed by atoms with Crippen molar-refractivity contribution in [1.82, 2.24) is 9.88 Å². The number of halogens is 1. The highest BCUT2D eigenvalue weighted by atomic mass is 19.1. The Morgan fingerprint density at radius 2 is 1.79 bits per heavy atom. The van der Waals surface area contributed by atoms with Crippen molar-refractivity contribution in [3.63, 3.8) is 0 Å². The molecule has 200 valence electrons. The highest BCUT2D eigenvalue weighted by molar-refractivity contribution is 6.02. The van der Waals surface area contributed by atoms with Crippen LogP contribution >= 0.6 is 0 Å². The molecule has 5 rings (SSSR count). The smallest absolute Gasteiger partial charge is 0.311 e. The number of nitrogens with zero attached hydrogens (tertiary/aromatic N) is 2. The molecule has 9 heteroatoms. The summed E-state index contributed by atoms with van der Waals surface area (Å²) < 4.78 is 26.0. The summed E-state index contributed by atoms with van der Waals surface area (Å²) in [5.41, 5.74) is 6.24. The summed E-state index contributed by atoms with van der Waals surface area (Å²) in [6.07, 6.45) is 2.76. The normalized spacial score (nSPS) is 13.6. The van der Waals surface area contributed by atoms with E-state index in [4.69, 9.17) is 14.3 Å². The van der Waals surface area contributed by atoms with E-state index in [2.05, 4.69) is 10.3 Å². The third kappa shape index (κ3) is 5.13. The van der Waals surface area contributed by atoms with Crippen LogP contribution in [0.2, 0.25) is 0 Å². The van der Waals surface area contributed by atoms with E-state index in [0.717, 1.165) is 27.8 Å². The van der Waals surface area contributed by atoms with E-state index >= 15 is 4.39 Å². The maximum absolute atomic E-state index is 15.4. The van der Waals surface area contributed by atoms with Gasteiger partial charge in [-0.15, -0.1) is 0 Å². The number of methoxy groups -OCH3 is 1. The van der Waals surface area contributed by atoms with Gasteiger partial charge >= 0.3 is 11.9 Å². The van der Waals surface area contributed by atoms with E-state index in [1.165, 1.54) is 25.6 Å². The van der Waals surface area contributed by atoms with Crippen molar-refractivity contribution in [3.05, 3.63) is 89.4 Å². The van der Waals surface area contributed by atoms with Crippen LogP contribution < -0.4 is 10.1 Å². The summed E-state index contributed by atoms with van der Waals surface area (Å²) in [5, 5.41) is 12.0. The van der Waals surface area contributed by atoms with E-state index in [-0.39, 0.29) is 12.4 Å². The van der Waals surface area contributed by atoms with E-state index in [1.54, 1.807) is 0 Å². The molecule has 0 unspecified atom stereocenters. The van der Waals surface area contributed by atoms with E-state index in [9.17, 15) is 9.59 Å². The van der Waals surface area contributed by atoms with Crippen LogP contribution in [0.15, 0.2) is 65.4 Å². The van der Waals surface area contributed by atoms with Crippen molar-refractivity contribution in [1.29, 1.82) is 0 Å². The first-order valence-corrected chi connectivity index (χ1v) is 12.5. The number of ether oxygens (including phenoxy) is 1. The first kappa shape index (κ1) is 26.1. The zero-order chi connectivity index (χ0) is 27.7. The monoisotopic (exact) mass is 529 g/mol. The molecule has 1 fully saturated rings. The second-order valence-corrected chi connectivity index (χ2v) is 9.62. The molecule has 3 aromatic carbocycles. The molecule has 0 spiro atoms. The highest BCUT2D eigenvalue weighted by Crippen LogP contribution is 2.38. The van der Waals surface area contributed by atoms with Gasteiger partial charge in [0.1, 0.15) is 17.8 Å². The van der Waals surface area contributed by atoms with Crippen LogP contribution in [-0.4, -0.2) is 47.1 Å². The predicted molar refractivity (Wildman–Crippen MR) is 144 cm³/mol. The minimum atomic E-state index is -0.831. The van der Waals surface area contributed by atoms with E-state index in [1.807, 2.05) is 61.2 Å². The third-order valence-electron chi connectivity index (χ3n) is 7.21. The Labute approximate surface area is 225 Å². The second kappa shape index (κ2) is 10.7. The fourth-order valence-corrected chi connectivity index (χ4v) is 5.00. The number of carbonyl (C=O) groups excluding carboxylic acids is 1. The van der Waals surface area contributed by atoms with Crippen molar-refractivity contribution in [3.8, 4) is 28.0 Å². The lowest BCUT2D eigenvalue weighted by atomic mass is 9.90. The van der Waals surface area contributed by atoms with Crippen molar-refractivity contribution in [2.24, 2.45) is 5.92 Å². The first-order valence-electron chi connectivity index (χ1n) is 12.5. The average Bonchev–Trinajstić information content (AvgIpc) is 3.43. The molecule has 0 atom stereocenters. The van der Waals surface area contributed by atoms with Crippen molar-refractivity contribution in [2.75, 3.05) is 25.5 Å². The number of carboxylic acid groups (broad SMARTS) is 1. The number of amides is 1. The molecule has 0 radical (unpaired) electrons. The Morgan fingerprint density at radius 1 is 1.10 bits per heavy atom. The molecular formula is C30H28FN3O5. The standard InChI is InChI=1S/C30H28FN3O5/c1-17-21(19-12-25(31)24(27(13-19)38-3)16-34-14-20(15-34)30(36)37)6-4-7-22(17)23-8-5-9-26(18(23)2)33-28(35)29-32-10-11-39-29/h4-13,20H,14-16H2,1-3H3,(H,33,35)(H,36,37). The molecule has 1 aliphatic heterocycles. The lowest BCUT2D eigenvalue weighted by Crippen LogP contribution is -2.49. The average molecular weight is 530 g/mol. The van der Waals surface area contributed by atoms with Gasteiger partial charge in [-0.2, -0.15) is 0 Å². The first-order chi connectivity index (χ1) is 18.8. The minimum absolute atomic E-state index is 0.0202. The fraction of sp³-hybridized carbons (Fsp3) is 0.233. The van der Waals surface area contributed by atoms with Gasteiger partial charge in [-0.3, -0.25) is 14.5 Å². The van der Waals surface area contributed by atoms with Crippen LogP contribution in [-0.2, 0) is 11.3 Å². The van der Waals surface area contributed by atoms with E-state index in [0.29, 0.717) is 35.7 Å². The minimum Gasteiger partial charge on any atom is -0.496 e. The molecule has 0 aliphatic carbocycles. The number of nitrogens with one attached hydrogen (secondary N) is 1. The number of carboxylic acids is 1. The number of hydrogen-bond acceptors (Lipinski definition) is 6. The van der Waals surface area contributed by atoms with E-state index < -0.39 is 23.6 Å². The zero-order valence-corrected chi connectivity index (χ0v) is 21.8. The molecule has 0 saturated carbocycles. The quantitative estimate of drug-likeness (QED) is 0.309. The maximum atomic E-state index is 15.4. The summed E-state index contributed by atoms with van der Waals surface area (Å²) >= 11 is 0. The van der Waals surface area contributed by atoms with Crippen LogP contribution in [0.3, 0.4) is 0 Å². The fourth-order valence-electron chi connectivity index (χ4n) is 5.00. The van der Waals surface area contributed by atoms with Crippen molar-refractivity contribution >= 4 is 17.6 Å². The third-order valence-corrected chi connectivity index (χ3v) is 7.21. The van der Waals surface area contributed by atoms with Gasteiger partial charge in [0, 0.05) is 30.9 Å². The largest absolute Gasteiger partial charge is 0.496 e. The van der Waals surface area contributed by atoms with Crippen LogP contribution in [0.5, 0.6) is 5.75 Å². The molecule has 4 aromatic rings. The number of hydrogen-bond donors (Lipinski definition) is 2. The number of aromatic nitrogens is 1. The summed E-state index contributed by atoms with van der Waals surface area (Å²) in [6.45, 7) is 4.96. The number of benzene rings is 3. The summed E-state index contributed by atoms with van der Waals surface area (Å²) in [7, 11) is 1.50. The van der Waals surface area contributed by atoms with Gasteiger partial charge in [0.2, 0.25) is 0 Å². The topological polar surface area (TPSA) is 105 Å². The summed E-state index contributed by atoms with van der Waals surface area (Å²) in [4.78, 5) is 29.4. The van der Waals surface area contributed by atoms with Gasteiger partial charge in [0.25, 0.3) is 5.89 Å². The zero-order valence-electron chi connectivity index (χ0n) is 21.8. The van der Waals surface area contributed by atoms with Crippen molar-refractivity contribution < 1.29 is 28.2 Å². The molecule has 1 aliphatic rings. The Bertz CT molecular complexity index is 1540. The summed E-state index contributed by atoms with van der Waals surface area (Å²) in [6, 6.07) is 14.8. The molecule has 39 heavy (non-hydrogen) atoms. The molecule has 1 amide bonds. The van der Waals surface area contributed by atoms with Crippen LogP contribution in [0.1, 0.15) is 27.4 Å². The lowest BCUT2D eigenvalue weighted by molar-refractivity contribution is -0.147. The van der Waals surface area contributed by atoms with Crippen LogP contribution in [0.4, 0.5) is 10.1 Å². The number of carbonyl (C=O) groups is 2. The number of anilines is 1. The number of rotatable bonds is 8. The van der Waals surface area contributed by atoms with Gasteiger partial charge in [0.15, 0.2) is 0 Å². The highest BCUT2D eigenvalue weighted by Gasteiger charge is 2.33. The van der Waals surface area contributed by atoms with Gasteiger partial charge in [-0.05, 0) is 65.4 Å². The maximum Gasteiger partial charge on any atom is 0.311 e. The van der Waals surface area contributed by atoms with Gasteiger partial charge in [0.05, 0.1) is 19.2 Å². The number of aliphatic carboxylic acids is 1. The van der Waals surface area contributed by atoms with Crippen LogP contribution in [0.25, 0.3) is 22.3 Å². The Hall–Kier alpha value is -4.50. The summed E-state index contributed by atoms with van der Waals surface area (Å²) in [5.74, 6) is -1.69. The molecule has 1 saturated heterocycles. The lowest BCUT2D eigenvalue weighted by Gasteiger charge is -2.36. The molecule has 2 heterocycles. The molecule has 1 aromatic heterocycles. The number of oxazole rings is 1. The number of likely N-dealkylation sites (tertiary alicyclic amines) is 1. The molecule has 0 bridgehead atoms.